The Kier molecular flexibility index (Phi) is 7.42. The lowest BCUT2D eigenvalue weighted by Crippen LogP contribution is -2.46. The summed E-state index contributed by atoms with van der Waals surface area (Å²) >= 11 is 0. The van der Waals surface area contributed by atoms with Crippen LogP contribution < -0.4 is 5.32 Å². The van der Waals surface area contributed by atoms with E-state index >= 15 is 0 Å². The Bertz CT molecular complexity index is 635. The number of nitrogens with zero attached hydrogens (tertiary/aromatic N) is 1. The van der Waals surface area contributed by atoms with Crippen molar-refractivity contribution in [3.63, 3.8) is 0 Å². The van der Waals surface area contributed by atoms with E-state index in [0.717, 1.165) is 31.4 Å². The number of ether oxygens (including phenoxy) is 1. The van der Waals surface area contributed by atoms with Crippen LogP contribution in [0.2, 0.25) is 0 Å². The molecular weight excluding hydrogens is 335 g/mol. The first-order valence-corrected chi connectivity index (χ1v) is 9.30. The van der Waals surface area contributed by atoms with E-state index in [0.29, 0.717) is 24.4 Å². The zero-order valence-corrected chi connectivity index (χ0v) is 15.9. The fourth-order valence-electron chi connectivity index (χ4n) is 3.47. The SMILES string of the molecule is CC[C@H](CNC(=O)OC)C(=O)N1CCC[C@@H](Cc2ccc(C)c(F)c2)C1. The van der Waals surface area contributed by atoms with Crippen LogP contribution in [-0.2, 0) is 16.0 Å². The summed E-state index contributed by atoms with van der Waals surface area (Å²) in [6.07, 6.45) is 2.90. The van der Waals surface area contributed by atoms with Crippen molar-refractivity contribution < 1.29 is 18.7 Å². The van der Waals surface area contributed by atoms with E-state index in [9.17, 15) is 14.0 Å². The summed E-state index contributed by atoms with van der Waals surface area (Å²) < 4.78 is 18.3. The minimum atomic E-state index is -0.519. The molecule has 5 nitrogen and oxygen atoms in total. The van der Waals surface area contributed by atoms with Gasteiger partial charge in [-0.25, -0.2) is 9.18 Å². The highest BCUT2D eigenvalue weighted by molar-refractivity contribution is 5.80. The van der Waals surface area contributed by atoms with Crippen molar-refractivity contribution >= 4 is 12.0 Å². The lowest BCUT2D eigenvalue weighted by molar-refractivity contribution is -0.137. The molecule has 1 N–H and O–H groups in total. The summed E-state index contributed by atoms with van der Waals surface area (Å²) in [6, 6.07) is 5.38. The first kappa shape index (κ1) is 20.2. The standard InChI is InChI=1S/C20H29FN2O3/c1-4-17(12-22-20(25)26-3)19(24)23-9-5-6-16(13-23)10-15-8-7-14(2)18(21)11-15/h7-8,11,16-17H,4-6,9-10,12-13H2,1-3H3,(H,22,25)/t16-,17+/m0/s1. The number of benzene rings is 1. The Morgan fingerprint density at radius 3 is 2.85 bits per heavy atom. The summed E-state index contributed by atoms with van der Waals surface area (Å²) in [5.41, 5.74) is 1.63. The molecular formula is C20H29FN2O3. The maximum atomic E-state index is 13.8. The van der Waals surface area contributed by atoms with Crippen LogP contribution in [0.15, 0.2) is 18.2 Å². The number of halogens is 1. The second-order valence-corrected chi connectivity index (χ2v) is 7.06. The monoisotopic (exact) mass is 364 g/mol. The van der Waals surface area contributed by atoms with Gasteiger partial charge >= 0.3 is 6.09 Å². The highest BCUT2D eigenvalue weighted by Gasteiger charge is 2.28. The number of hydrogen-bond acceptors (Lipinski definition) is 3. The Hall–Kier alpha value is -2.11. The van der Waals surface area contributed by atoms with Crippen LogP contribution in [0.3, 0.4) is 0 Å². The number of alkyl carbamates (subject to hydrolysis) is 1. The Balaban J connectivity index is 1.94. The molecule has 0 bridgehead atoms. The molecule has 1 saturated heterocycles. The van der Waals surface area contributed by atoms with Gasteiger partial charge in [-0.05, 0) is 55.7 Å². The van der Waals surface area contributed by atoms with Crippen molar-refractivity contribution in [2.45, 2.75) is 39.5 Å². The number of hydrogen-bond donors (Lipinski definition) is 1. The van der Waals surface area contributed by atoms with Gasteiger partial charge in [0, 0.05) is 19.6 Å². The average molecular weight is 364 g/mol. The van der Waals surface area contributed by atoms with Crippen LogP contribution >= 0.6 is 0 Å². The van der Waals surface area contributed by atoms with Crippen molar-refractivity contribution in [1.82, 2.24) is 10.2 Å². The van der Waals surface area contributed by atoms with Gasteiger partial charge in [0.15, 0.2) is 0 Å². The summed E-state index contributed by atoms with van der Waals surface area (Å²) in [4.78, 5) is 25.9. The maximum absolute atomic E-state index is 13.8. The molecule has 1 aliphatic rings. The number of nitrogens with one attached hydrogen (secondary N) is 1. The Labute approximate surface area is 154 Å². The van der Waals surface area contributed by atoms with Crippen molar-refractivity contribution in [1.29, 1.82) is 0 Å². The number of methoxy groups -OCH3 is 1. The average Bonchev–Trinajstić information content (AvgIpc) is 2.65. The third-order valence-corrected chi connectivity index (χ3v) is 5.11. The van der Waals surface area contributed by atoms with E-state index in [-0.39, 0.29) is 24.2 Å². The Morgan fingerprint density at radius 2 is 2.19 bits per heavy atom. The molecule has 2 rings (SSSR count). The van der Waals surface area contributed by atoms with Crippen molar-refractivity contribution in [2.75, 3.05) is 26.7 Å². The number of rotatable bonds is 6. The maximum Gasteiger partial charge on any atom is 0.406 e. The number of likely N-dealkylation sites (tertiary alicyclic amines) is 1. The van der Waals surface area contributed by atoms with Crippen LogP contribution in [0.4, 0.5) is 9.18 Å². The van der Waals surface area contributed by atoms with Crippen molar-refractivity contribution in [3.8, 4) is 0 Å². The fourth-order valence-corrected chi connectivity index (χ4v) is 3.47. The minimum Gasteiger partial charge on any atom is -0.453 e. The largest absolute Gasteiger partial charge is 0.453 e. The molecule has 1 aliphatic heterocycles. The smallest absolute Gasteiger partial charge is 0.406 e. The summed E-state index contributed by atoms with van der Waals surface area (Å²) in [7, 11) is 1.31. The first-order valence-electron chi connectivity index (χ1n) is 9.30. The third kappa shape index (κ3) is 5.44. The van der Waals surface area contributed by atoms with Gasteiger partial charge in [-0.3, -0.25) is 4.79 Å². The number of piperidine rings is 1. The molecule has 0 spiro atoms. The minimum absolute atomic E-state index is 0.0729. The number of carbonyl (C=O) groups excluding carboxylic acids is 2. The molecule has 2 atom stereocenters. The highest BCUT2D eigenvalue weighted by Crippen LogP contribution is 2.23. The van der Waals surface area contributed by atoms with Gasteiger partial charge in [0.1, 0.15) is 5.82 Å². The third-order valence-electron chi connectivity index (χ3n) is 5.11. The predicted octanol–water partition coefficient (Wildman–Crippen LogP) is 3.30. The van der Waals surface area contributed by atoms with Crippen LogP contribution in [0, 0.1) is 24.6 Å². The van der Waals surface area contributed by atoms with Gasteiger partial charge in [-0.1, -0.05) is 19.1 Å². The molecule has 6 heteroatoms. The zero-order valence-electron chi connectivity index (χ0n) is 15.9. The molecule has 0 radical (unpaired) electrons. The van der Waals surface area contributed by atoms with E-state index in [1.54, 1.807) is 13.0 Å². The summed E-state index contributed by atoms with van der Waals surface area (Å²) in [5, 5.41) is 2.62. The predicted molar refractivity (Wildman–Crippen MR) is 98.3 cm³/mol. The normalized spacial score (nSPS) is 18.3. The molecule has 2 amide bonds. The Morgan fingerprint density at radius 1 is 1.42 bits per heavy atom. The van der Waals surface area contributed by atoms with Gasteiger partial charge in [-0.2, -0.15) is 0 Å². The van der Waals surface area contributed by atoms with E-state index in [4.69, 9.17) is 0 Å². The van der Waals surface area contributed by atoms with Crippen molar-refractivity contribution in [3.05, 3.63) is 35.1 Å². The lowest BCUT2D eigenvalue weighted by atomic mass is 9.90. The second-order valence-electron chi connectivity index (χ2n) is 7.06. The second kappa shape index (κ2) is 9.55. The van der Waals surface area contributed by atoms with E-state index in [1.165, 1.54) is 7.11 Å². The van der Waals surface area contributed by atoms with E-state index in [1.807, 2.05) is 24.0 Å². The van der Waals surface area contributed by atoms with Gasteiger partial charge in [-0.15, -0.1) is 0 Å². The molecule has 26 heavy (non-hydrogen) atoms. The topological polar surface area (TPSA) is 58.6 Å². The number of carbonyl (C=O) groups is 2. The van der Waals surface area contributed by atoms with Gasteiger partial charge in [0.05, 0.1) is 13.0 Å². The quantitative estimate of drug-likeness (QED) is 0.843. The van der Waals surface area contributed by atoms with Crippen LogP contribution in [0.1, 0.15) is 37.3 Å². The number of amides is 2. The molecule has 0 aliphatic carbocycles. The van der Waals surface area contributed by atoms with Gasteiger partial charge in [0.2, 0.25) is 5.91 Å². The molecule has 0 saturated carbocycles. The van der Waals surface area contributed by atoms with Crippen LogP contribution in [0.25, 0.3) is 0 Å². The lowest BCUT2D eigenvalue weighted by Gasteiger charge is -2.35. The van der Waals surface area contributed by atoms with Gasteiger partial charge in [0.25, 0.3) is 0 Å². The van der Waals surface area contributed by atoms with Gasteiger partial charge < -0.3 is 15.0 Å². The van der Waals surface area contributed by atoms with E-state index < -0.39 is 6.09 Å². The van der Waals surface area contributed by atoms with Crippen LogP contribution in [0.5, 0.6) is 0 Å². The number of aryl methyl sites for hydroxylation is 1. The van der Waals surface area contributed by atoms with Crippen LogP contribution in [-0.4, -0.2) is 43.6 Å². The molecule has 0 aromatic heterocycles. The molecule has 1 aromatic carbocycles. The molecule has 144 valence electrons. The molecule has 1 heterocycles. The highest BCUT2D eigenvalue weighted by atomic mass is 19.1. The zero-order chi connectivity index (χ0) is 19.1. The summed E-state index contributed by atoms with van der Waals surface area (Å²) in [5.74, 6) is -0.0135. The first-order chi connectivity index (χ1) is 12.4. The summed E-state index contributed by atoms with van der Waals surface area (Å²) in [6.45, 7) is 5.41. The van der Waals surface area contributed by atoms with Crippen molar-refractivity contribution in [2.24, 2.45) is 11.8 Å². The van der Waals surface area contributed by atoms with E-state index in [2.05, 4.69) is 10.1 Å². The molecule has 1 fully saturated rings. The molecule has 1 aromatic rings. The fraction of sp³-hybridized carbons (Fsp3) is 0.600. The molecule has 0 unspecified atom stereocenters.